The molecule has 1 aromatic heterocycles. The summed E-state index contributed by atoms with van der Waals surface area (Å²) in [4.78, 5) is 27.1. The molecule has 0 bridgehead atoms. The normalized spacial score (nSPS) is 18.3. The average molecular weight is 435 g/mol. The van der Waals surface area contributed by atoms with E-state index >= 15 is 0 Å². The number of nitrogens with zero attached hydrogens (tertiary/aromatic N) is 1. The van der Waals surface area contributed by atoms with E-state index in [2.05, 4.69) is 29.7 Å². The number of halogens is 1. The van der Waals surface area contributed by atoms with Crippen LogP contribution in [0.25, 0.3) is 0 Å². The number of anilines is 2. The molecule has 2 N–H and O–H groups in total. The van der Waals surface area contributed by atoms with Crippen LogP contribution in [0.5, 0.6) is 0 Å². The molecule has 3 amide bonds. The van der Waals surface area contributed by atoms with Crippen molar-refractivity contribution in [3.63, 3.8) is 0 Å². The van der Waals surface area contributed by atoms with Gasteiger partial charge in [-0.1, -0.05) is 37.3 Å². The van der Waals surface area contributed by atoms with Crippen molar-refractivity contribution in [2.24, 2.45) is 0 Å². The molecular weight excluding hydrogens is 409 g/mol. The molecule has 1 aliphatic rings. The number of carbonyl (C=O) groups is 2. The molecule has 7 heteroatoms. The Kier molecular flexibility index (Phi) is 5.99. The summed E-state index contributed by atoms with van der Waals surface area (Å²) in [5.74, 6) is -0.626. The Labute approximate surface area is 186 Å². The summed E-state index contributed by atoms with van der Waals surface area (Å²) in [6, 6.07) is 15.6. The van der Waals surface area contributed by atoms with Crippen molar-refractivity contribution in [3.8, 4) is 0 Å². The first kappa shape index (κ1) is 21.6. The van der Waals surface area contributed by atoms with E-state index in [9.17, 15) is 14.0 Å². The number of benzene rings is 2. The number of hydrogen-bond acceptors (Lipinski definition) is 3. The molecule has 2 heterocycles. The summed E-state index contributed by atoms with van der Waals surface area (Å²) in [7, 11) is 0. The second-order valence-electron chi connectivity index (χ2n) is 8.42. The lowest BCUT2D eigenvalue weighted by Gasteiger charge is -2.40. The van der Waals surface area contributed by atoms with Crippen LogP contribution in [0.2, 0.25) is 0 Å². The molecule has 1 unspecified atom stereocenters. The van der Waals surface area contributed by atoms with Gasteiger partial charge >= 0.3 is 6.03 Å². The van der Waals surface area contributed by atoms with Crippen LogP contribution >= 0.6 is 0 Å². The van der Waals surface area contributed by atoms with E-state index in [0.717, 1.165) is 12.8 Å². The summed E-state index contributed by atoms with van der Waals surface area (Å²) >= 11 is 0. The fourth-order valence-electron chi connectivity index (χ4n) is 4.20. The zero-order valence-electron chi connectivity index (χ0n) is 18.2. The Balaban J connectivity index is 1.46. The molecule has 1 saturated heterocycles. The first-order valence-corrected chi connectivity index (χ1v) is 10.6. The van der Waals surface area contributed by atoms with Gasteiger partial charge in [0.1, 0.15) is 11.6 Å². The van der Waals surface area contributed by atoms with E-state index < -0.39 is 11.7 Å². The maximum Gasteiger partial charge on any atom is 0.321 e. The smallest absolute Gasteiger partial charge is 0.321 e. The van der Waals surface area contributed by atoms with E-state index in [1.807, 2.05) is 18.2 Å². The highest BCUT2D eigenvalue weighted by molar-refractivity contribution is 6.05. The molecule has 0 aliphatic carbocycles. The van der Waals surface area contributed by atoms with E-state index in [-0.39, 0.29) is 17.1 Å². The van der Waals surface area contributed by atoms with Crippen LogP contribution in [0.1, 0.15) is 41.4 Å². The summed E-state index contributed by atoms with van der Waals surface area (Å²) in [5, 5.41) is 5.38. The molecule has 0 radical (unpaired) electrons. The van der Waals surface area contributed by atoms with Crippen LogP contribution in [0.3, 0.4) is 0 Å². The molecule has 3 aromatic rings. The zero-order chi connectivity index (χ0) is 22.7. The Bertz CT molecular complexity index is 1130. The number of rotatable bonds is 4. The Hall–Kier alpha value is -3.61. The maximum atomic E-state index is 14.3. The summed E-state index contributed by atoms with van der Waals surface area (Å²) in [6.07, 6.45) is 3.30. The molecule has 32 heavy (non-hydrogen) atoms. The van der Waals surface area contributed by atoms with Crippen LogP contribution in [-0.2, 0) is 5.41 Å². The van der Waals surface area contributed by atoms with Gasteiger partial charge in [0.2, 0.25) is 0 Å². The van der Waals surface area contributed by atoms with Crippen LogP contribution in [0, 0.1) is 12.7 Å². The molecule has 1 atom stereocenters. The summed E-state index contributed by atoms with van der Waals surface area (Å²) < 4.78 is 19.4. The van der Waals surface area contributed by atoms with Gasteiger partial charge in [0, 0.05) is 24.2 Å². The zero-order valence-corrected chi connectivity index (χ0v) is 18.2. The summed E-state index contributed by atoms with van der Waals surface area (Å²) in [6.45, 7) is 5.07. The molecular formula is C25H26FN3O3. The third-order valence-electron chi connectivity index (χ3n) is 6.02. The molecule has 0 saturated carbocycles. The van der Waals surface area contributed by atoms with Crippen molar-refractivity contribution < 1.29 is 18.4 Å². The van der Waals surface area contributed by atoms with Gasteiger partial charge in [-0.2, -0.15) is 0 Å². The van der Waals surface area contributed by atoms with Crippen molar-refractivity contribution in [3.05, 3.63) is 83.6 Å². The lowest BCUT2D eigenvalue weighted by atomic mass is 9.76. The van der Waals surface area contributed by atoms with Gasteiger partial charge in [0.15, 0.2) is 0 Å². The van der Waals surface area contributed by atoms with Crippen molar-refractivity contribution >= 4 is 23.3 Å². The lowest BCUT2D eigenvalue weighted by Crippen LogP contribution is -2.48. The number of furan rings is 1. The topological polar surface area (TPSA) is 74.6 Å². The maximum absolute atomic E-state index is 14.3. The summed E-state index contributed by atoms with van der Waals surface area (Å²) in [5.41, 5.74) is 1.80. The Morgan fingerprint density at radius 3 is 2.59 bits per heavy atom. The number of urea groups is 1. The van der Waals surface area contributed by atoms with E-state index in [1.165, 1.54) is 36.1 Å². The van der Waals surface area contributed by atoms with Crippen molar-refractivity contribution in [2.45, 2.75) is 32.1 Å². The van der Waals surface area contributed by atoms with Crippen molar-refractivity contribution in [1.29, 1.82) is 0 Å². The van der Waals surface area contributed by atoms with Gasteiger partial charge in [0.25, 0.3) is 5.91 Å². The Morgan fingerprint density at radius 2 is 1.88 bits per heavy atom. The highest BCUT2D eigenvalue weighted by Gasteiger charge is 2.34. The lowest BCUT2D eigenvalue weighted by molar-refractivity contribution is 0.102. The van der Waals surface area contributed by atoms with Gasteiger partial charge in [-0.25, -0.2) is 9.18 Å². The minimum absolute atomic E-state index is 0.0128. The molecule has 4 rings (SSSR count). The molecule has 0 spiro atoms. The monoisotopic (exact) mass is 435 g/mol. The van der Waals surface area contributed by atoms with Gasteiger partial charge in [0.05, 0.1) is 17.5 Å². The molecule has 2 aromatic carbocycles. The molecule has 166 valence electrons. The van der Waals surface area contributed by atoms with Crippen LogP contribution < -0.4 is 10.6 Å². The quantitative estimate of drug-likeness (QED) is 0.563. The largest absolute Gasteiger partial charge is 0.469 e. The van der Waals surface area contributed by atoms with E-state index in [4.69, 9.17) is 4.42 Å². The van der Waals surface area contributed by atoms with Gasteiger partial charge in [-0.05, 0) is 49.6 Å². The second kappa shape index (κ2) is 8.86. The number of amides is 3. The second-order valence-corrected chi connectivity index (χ2v) is 8.42. The first-order chi connectivity index (χ1) is 15.4. The average Bonchev–Trinajstić information content (AvgIpc) is 3.22. The fraction of sp³-hybridized carbons (Fsp3) is 0.280. The standard InChI is InChI=1S/C25H26FN3O3/c1-17-20(11-14-32-17)23(30)28-22-15-19(9-10-21(22)26)27-24(31)29-13-6-12-25(2,16-29)18-7-4-3-5-8-18/h3-5,7-11,14-15H,6,12-13,16H2,1-2H3,(H,27,31)(H,28,30). The minimum atomic E-state index is -0.591. The van der Waals surface area contributed by atoms with E-state index in [1.54, 1.807) is 11.8 Å². The molecule has 1 aliphatic heterocycles. The first-order valence-electron chi connectivity index (χ1n) is 10.6. The van der Waals surface area contributed by atoms with Crippen molar-refractivity contribution in [1.82, 2.24) is 4.90 Å². The van der Waals surface area contributed by atoms with Crippen LogP contribution in [0.15, 0.2) is 65.3 Å². The number of carbonyl (C=O) groups excluding carboxylic acids is 2. The third kappa shape index (κ3) is 4.51. The van der Waals surface area contributed by atoms with Gasteiger partial charge in [-0.15, -0.1) is 0 Å². The highest BCUT2D eigenvalue weighted by Crippen LogP contribution is 2.34. The van der Waals surface area contributed by atoms with Crippen molar-refractivity contribution in [2.75, 3.05) is 23.7 Å². The number of aryl methyl sites for hydroxylation is 1. The fourth-order valence-corrected chi connectivity index (χ4v) is 4.20. The van der Waals surface area contributed by atoms with Gasteiger partial charge < -0.3 is 20.0 Å². The molecule has 1 fully saturated rings. The van der Waals surface area contributed by atoms with Gasteiger partial charge in [-0.3, -0.25) is 4.79 Å². The number of likely N-dealkylation sites (tertiary alicyclic amines) is 1. The predicted octanol–water partition coefficient (Wildman–Crippen LogP) is 5.57. The Morgan fingerprint density at radius 1 is 1.09 bits per heavy atom. The predicted molar refractivity (Wildman–Crippen MR) is 121 cm³/mol. The number of hydrogen-bond donors (Lipinski definition) is 2. The third-order valence-corrected chi connectivity index (χ3v) is 6.02. The SMILES string of the molecule is Cc1occc1C(=O)Nc1cc(NC(=O)N2CCCC(C)(c3ccccc3)C2)ccc1F. The van der Waals surface area contributed by atoms with Crippen LogP contribution in [0.4, 0.5) is 20.6 Å². The highest BCUT2D eigenvalue weighted by atomic mass is 19.1. The number of nitrogens with one attached hydrogen (secondary N) is 2. The number of piperidine rings is 1. The minimum Gasteiger partial charge on any atom is -0.469 e. The van der Waals surface area contributed by atoms with Crippen LogP contribution in [-0.4, -0.2) is 29.9 Å². The van der Waals surface area contributed by atoms with E-state index in [0.29, 0.717) is 30.1 Å². The molecule has 6 nitrogen and oxygen atoms in total.